The minimum Gasteiger partial charge on any atom is -0.473 e. The van der Waals surface area contributed by atoms with Crippen molar-refractivity contribution in [2.45, 2.75) is 33.4 Å². The largest absolute Gasteiger partial charge is 0.473 e. The Hall–Kier alpha value is -2.92. The van der Waals surface area contributed by atoms with Crippen LogP contribution in [0, 0.1) is 11.7 Å². The van der Waals surface area contributed by atoms with Gasteiger partial charge in [-0.2, -0.15) is 0 Å². The van der Waals surface area contributed by atoms with Crippen molar-refractivity contribution in [2.24, 2.45) is 5.92 Å². The smallest absolute Gasteiger partial charge is 0.414 e. The second-order valence-corrected chi connectivity index (χ2v) is 7.59. The number of benzene rings is 1. The van der Waals surface area contributed by atoms with Crippen molar-refractivity contribution in [3.63, 3.8) is 0 Å². The van der Waals surface area contributed by atoms with Crippen molar-refractivity contribution < 1.29 is 24.2 Å². The Balaban J connectivity index is 0.000000501. The molecule has 1 saturated heterocycles. The predicted octanol–water partition coefficient (Wildman–Crippen LogP) is 1.35. The van der Waals surface area contributed by atoms with Crippen LogP contribution in [0.3, 0.4) is 0 Å². The molecule has 0 saturated carbocycles. The molecule has 1 aromatic carbocycles. The number of aromatic nitrogens is 4. The number of halogens is 1. The number of hydrogen-bond donors (Lipinski definition) is 2. The van der Waals surface area contributed by atoms with Gasteiger partial charge in [0.15, 0.2) is 5.82 Å². The van der Waals surface area contributed by atoms with E-state index in [-0.39, 0.29) is 11.9 Å². The highest BCUT2D eigenvalue weighted by Crippen LogP contribution is 2.28. The fourth-order valence-corrected chi connectivity index (χ4v) is 3.54. The molecule has 1 unspecified atom stereocenters. The maximum absolute atomic E-state index is 13.1. The molecule has 10 nitrogen and oxygen atoms in total. The molecule has 0 aliphatic carbocycles. The Kier molecular flexibility index (Phi) is 9.01. The average molecular weight is 436 g/mol. The van der Waals surface area contributed by atoms with Crippen molar-refractivity contribution in [2.75, 3.05) is 32.7 Å². The zero-order valence-corrected chi connectivity index (χ0v) is 18.0. The molecule has 170 valence electrons. The third-order valence-corrected chi connectivity index (χ3v) is 5.13. The summed E-state index contributed by atoms with van der Waals surface area (Å²) in [5.74, 6) is -2.57. The number of nitrogens with zero attached hydrogens (tertiary/aromatic N) is 6. The molecule has 0 amide bonds. The molecule has 1 atom stereocenters. The lowest BCUT2D eigenvalue weighted by atomic mass is 10.0. The Morgan fingerprint density at radius 2 is 1.65 bits per heavy atom. The molecule has 1 aliphatic heterocycles. The van der Waals surface area contributed by atoms with Crippen LogP contribution in [0.5, 0.6) is 0 Å². The summed E-state index contributed by atoms with van der Waals surface area (Å²) in [6.07, 6.45) is 0. The molecule has 1 aromatic heterocycles. The van der Waals surface area contributed by atoms with Gasteiger partial charge in [-0.05, 0) is 40.6 Å². The number of carboxylic acids is 2. The lowest BCUT2D eigenvalue weighted by molar-refractivity contribution is -0.159. The van der Waals surface area contributed by atoms with Gasteiger partial charge in [-0.3, -0.25) is 4.90 Å². The van der Waals surface area contributed by atoms with Crippen LogP contribution in [-0.4, -0.2) is 84.9 Å². The van der Waals surface area contributed by atoms with E-state index in [0.717, 1.165) is 44.1 Å². The molecule has 2 aromatic rings. The summed E-state index contributed by atoms with van der Waals surface area (Å²) in [5.41, 5.74) is 0.994. The fraction of sp³-hybridized carbons (Fsp3) is 0.550. The third-order valence-electron chi connectivity index (χ3n) is 5.13. The number of rotatable bonds is 6. The summed E-state index contributed by atoms with van der Waals surface area (Å²) >= 11 is 0. The van der Waals surface area contributed by atoms with Gasteiger partial charge in [-0.1, -0.05) is 32.9 Å². The quantitative estimate of drug-likeness (QED) is 0.646. The van der Waals surface area contributed by atoms with Gasteiger partial charge in [0.05, 0.1) is 12.6 Å². The molecule has 0 bridgehead atoms. The normalized spacial score (nSPS) is 15.9. The number of aliphatic carboxylic acids is 2. The minimum absolute atomic E-state index is 0.189. The molecule has 31 heavy (non-hydrogen) atoms. The maximum atomic E-state index is 13.1. The first-order valence-electron chi connectivity index (χ1n) is 10.2. The van der Waals surface area contributed by atoms with Crippen molar-refractivity contribution in [1.29, 1.82) is 0 Å². The molecule has 1 fully saturated rings. The van der Waals surface area contributed by atoms with Crippen LogP contribution < -0.4 is 0 Å². The van der Waals surface area contributed by atoms with Gasteiger partial charge in [0.25, 0.3) is 0 Å². The number of carboxylic acid groups (broad SMARTS) is 2. The summed E-state index contributed by atoms with van der Waals surface area (Å²) in [5, 5.41) is 27.2. The lowest BCUT2D eigenvalue weighted by Crippen LogP contribution is -2.48. The molecule has 11 heteroatoms. The first-order chi connectivity index (χ1) is 14.7. The van der Waals surface area contributed by atoms with Crippen LogP contribution in [0.15, 0.2) is 24.3 Å². The standard InChI is InChI=1S/C18H27FN6.C2H2O4/c1-4-23-9-11-24(12-10-23)17(14(2)3)18-20-21-22-25(18)13-15-5-7-16(19)8-6-15;3-1(4)2(5)6/h5-8,14,17H,4,9-13H2,1-3H3;(H,3,4)(H,5,6). The number of likely N-dealkylation sites (N-methyl/N-ethyl adjacent to an activating group) is 1. The van der Waals surface area contributed by atoms with E-state index in [9.17, 15) is 4.39 Å². The van der Waals surface area contributed by atoms with Crippen molar-refractivity contribution in [3.8, 4) is 0 Å². The summed E-state index contributed by atoms with van der Waals surface area (Å²) in [6, 6.07) is 6.71. The zero-order chi connectivity index (χ0) is 23.0. The highest BCUT2D eigenvalue weighted by atomic mass is 19.1. The number of piperazine rings is 1. The van der Waals surface area contributed by atoms with E-state index in [1.165, 1.54) is 12.1 Å². The van der Waals surface area contributed by atoms with Crippen molar-refractivity contribution in [3.05, 3.63) is 41.5 Å². The van der Waals surface area contributed by atoms with E-state index >= 15 is 0 Å². The van der Waals surface area contributed by atoms with Crippen LogP contribution in [0.4, 0.5) is 4.39 Å². The zero-order valence-electron chi connectivity index (χ0n) is 18.0. The van der Waals surface area contributed by atoms with E-state index in [1.54, 1.807) is 12.1 Å². The lowest BCUT2D eigenvalue weighted by Gasteiger charge is -2.39. The van der Waals surface area contributed by atoms with Crippen molar-refractivity contribution in [1.82, 2.24) is 30.0 Å². The Bertz CT molecular complexity index is 838. The van der Waals surface area contributed by atoms with Gasteiger partial charge in [0.2, 0.25) is 0 Å². The average Bonchev–Trinajstić information content (AvgIpc) is 3.18. The number of hydrogen-bond acceptors (Lipinski definition) is 7. The summed E-state index contributed by atoms with van der Waals surface area (Å²) in [6.45, 7) is 12.5. The van der Waals surface area contributed by atoms with E-state index < -0.39 is 11.9 Å². The Morgan fingerprint density at radius 3 is 2.13 bits per heavy atom. The molecule has 0 spiro atoms. The molecular formula is C20H29FN6O4. The summed E-state index contributed by atoms with van der Waals surface area (Å²) < 4.78 is 15.0. The first-order valence-corrected chi connectivity index (χ1v) is 10.2. The van der Waals surface area contributed by atoms with Gasteiger partial charge in [0.1, 0.15) is 5.82 Å². The highest BCUT2D eigenvalue weighted by Gasteiger charge is 2.31. The SMILES string of the molecule is CCN1CCN(C(c2nnnn2Cc2ccc(F)cc2)C(C)C)CC1.O=C(O)C(=O)O. The molecule has 1 aliphatic rings. The molecule has 2 heterocycles. The third kappa shape index (κ3) is 7.07. The predicted molar refractivity (Wildman–Crippen MR) is 110 cm³/mol. The second-order valence-electron chi connectivity index (χ2n) is 7.59. The molecule has 2 N–H and O–H groups in total. The highest BCUT2D eigenvalue weighted by molar-refractivity contribution is 6.27. The van der Waals surface area contributed by atoms with Crippen LogP contribution in [0.2, 0.25) is 0 Å². The van der Waals surface area contributed by atoms with Crippen molar-refractivity contribution >= 4 is 11.9 Å². The van der Waals surface area contributed by atoms with Gasteiger partial charge in [-0.15, -0.1) is 5.10 Å². The second kappa shape index (κ2) is 11.5. The van der Waals surface area contributed by atoms with Gasteiger partial charge < -0.3 is 15.1 Å². The Morgan fingerprint density at radius 1 is 1.06 bits per heavy atom. The van der Waals surface area contributed by atoms with Crippen LogP contribution >= 0.6 is 0 Å². The summed E-state index contributed by atoms with van der Waals surface area (Å²) in [7, 11) is 0. The van der Waals surface area contributed by atoms with E-state index in [2.05, 4.69) is 46.1 Å². The van der Waals surface area contributed by atoms with Crippen LogP contribution in [0.25, 0.3) is 0 Å². The first kappa shape index (κ1) is 24.4. The van der Waals surface area contributed by atoms with Crippen LogP contribution in [0.1, 0.15) is 38.2 Å². The van der Waals surface area contributed by atoms with Gasteiger partial charge >= 0.3 is 11.9 Å². The molecule has 3 rings (SSSR count). The van der Waals surface area contributed by atoms with Gasteiger partial charge in [0, 0.05) is 26.2 Å². The van der Waals surface area contributed by atoms with Gasteiger partial charge in [-0.25, -0.2) is 18.7 Å². The topological polar surface area (TPSA) is 125 Å². The number of tetrazole rings is 1. The fourth-order valence-electron chi connectivity index (χ4n) is 3.54. The summed E-state index contributed by atoms with van der Waals surface area (Å²) in [4.78, 5) is 23.2. The molecule has 0 radical (unpaired) electrons. The monoisotopic (exact) mass is 436 g/mol. The van der Waals surface area contributed by atoms with E-state index in [0.29, 0.717) is 12.5 Å². The maximum Gasteiger partial charge on any atom is 0.414 e. The van der Waals surface area contributed by atoms with E-state index in [1.807, 2.05) is 4.68 Å². The van der Waals surface area contributed by atoms with Crippen LogP contribution in [-0.2, 0) is 16.1 Å². The van der Waals surface area contributed by atoms with E-state index in [4.69, 9.17) is 19.8 Å². The number of carbonyl (C=O) groups is 2. The molecular weight excluding hydrogens is 407 g/mol. The minimum atomic E-state index is -1.82. The Labute approximate surface area is 180 Å².